The number of aromatic hydroxyl groups is 1. The fourth-order valence-electron chi connectivity index (χ4n) is 1.48. The van der Waals surface area contributed by atoms with E-state index in [0.717, 1.165) is 12.1 Å². The third-order valence-electron chi connectivity index (χ3n) is 2.49. The Morgan fingerprint density at radius 3 is 2.55 bits per heavy atom. The van der Waals surface area contributed by atoms with Gasteiger partial charge in [0.05, 0.1) is 11.3 Å². The van der Waals surface area contributed by atoms with Gasteiger partial charge in [-0.05, 0) is 24.3 Å². The average Bonchev–Trinajstić information content (AvgIpc) is 2.42. The highest BCUT2D eigenvalue weighted by molar-refractivity contribution is 6.05. The number of hydrogen-bond donors (Lipinski definition) is 3. The summed E-state index contributed by atoms with van der Waals surface area (Å²) in [5, 5.41) is 11.9. The van der Waals surface area contributed by atoms with Gasteiger partial charge < -0.3 is 16.2 Å². The monoisotopic (exact) mass is 275 g/mol. The van der Waals surface area contributed by atoms with Crippen molar-refractivity contribution in [2.75, 3.05) is 5.32 Å². The molecule has 7 heteroatoms. The first-order valence-corrected chi connectivity index (χ1v) is 5.53. The molecule has 0 saturated carbocycles. The number of carbonyl (C=O) groups is 2. The lowest BCUT2D eigenvalue weighted by Crippen LogP contribution is -2.15. The van der Waals surface area contributed by atoms with Gasteiger partial charge in [0.1, 0.15) is 17.3 Å². The number of benzene rings is 1. The van der Waals surface area contributed by atoms with Gasteiger partial charge in [0, 0.05) is 12.3 Å². The molecule has 4 N–H and O–H groups in total. The Hall–Kier alpha value is -2.96. The van der Waals surface area contributed by atoms with Crippen molar-refractivity contribution >= 4 is 17.5 Å². The van der Waals surface area contributed by atoms with Gasteiger partial charge in [-0.2, -0.15) is 0 Å². The number of amides is 2. The Labute approximate surface area is 113 Å². The molecule has 2 rings (SSSR count). The van der Waals surface area contributed by atoms with Crippen molar-refractivity contribution in [3.63, 3.8) is 0 Å². The molecule has 0 radical (unpaired) electrons. The molecule has 102 valence electrons. The average molecular weight is 275 g/mol. The van der Waals surface area contributed by atoms with Gasteiger partial charge in [-0.1, -0.05) is 0 Å². The van der Waals surface area contributed by atoms with Gasteiger partial charge in [0.15, 0.2) is 0 Å². The minimum absolute atomic E-state index is 0.0335. The molecule has 0 bridgehead atoms. The van der Waals surface area contributed by atoms with Crippen LogP contribution in [0.15, 0.2) is 36.5 Å². The van der Waals surface area contributed by atoms with Gasteiger partial charge in [-0.15, -0.1) is 0 Å². The molecular formula is C13H10FN3O3. The van der Waals surface area contributed by atoms with Crippen molar-refractivity contribution < 1.29 is 19.1 Å². The Bertz CT molecular complexity index is 671. The Kier molecular flexibility index (Phi) is 3.60. The van der Waals surface area contributed by atoms with E-state index >= 15 is 0 Å². The van der Waals surface area contributed by atoms with Crippen molar-refractivity contribution in [1.29, 1.82) is 0 Å². The smallest absolute Gasteiger partial charge is 0.267 e. The van der Waals surface area contributed by atoms with E-state index < -0.39 is 17.6 Å². The van der Waals surface area contributed by atoms with Gasteiger partial charge >= 0.3 is 0 Å². The summed E-state index contributed by atoms with van der Waals surface area (Å²) in [6.07, 6.45) is 1.18. The number of aromatic nitrogens is 1. The van der Waals surface area contributed by atoms with E-state index in [-0.39, 0.29) is 22.7 Å². The molecule has 0 saturated heterocycles. The van der Waals surface area contributed by atoms with Crippen LogP contribution in [0.5, 0.6) is 5.75 Å². The standard InChI is InChI=1S/C13H10FN3O3/c14-8-2-4-9(11(18)5-8)17-13(20)7-1-3-10(12(15)19)16-6-7/h1-6,18H,(H2,15,19)(H,17,20). The van der Waals surface area contributed by atoms with Crippen LogP contribution in [0.2, 0.25) is 0 Å². The number of carbonyl (C=O) groups excluding carboxylic acids is 2. The molecule has 20 heavy (non-hydrogen) atoms. The first-order valence-electron chi connectivity index (χ1n) is 5.53. The Balaban J connectivity index is 2.17. The molecule has 0 fully saturated rings. The van der Waals surface area contributed by atoms with Crippen LogP contribution in [0.4, 0.5) is 10.1 Å². The number of nitrogens with one attached hydrogen (secondary N) is 1. The first kappa shape index (κ1) is 13.5. The number of pyridine rings is 1. The largest absolute Gasteiger partial charge is 0.506 e. The van der Waals surface area contributed by atoms with E-state index in [1.165, 1.54) is 24.4 Å². The molecule has 2 amide bonds. The molecule has 0 aliphatic rings. The summed E-state index contributed by atoms with van der Waals surface area (Å²) in [6.45, 7) is 0. The quantitative estimate of drug-likeness (QED) is 0.733. The SMILES string of the molecule is NC(=O)c1ccc(C(=O)Nc2ccc(F)cc2O)cn1. The summed E-state index contributed by atoms with van der Waals surface area (Å²) in [5.41, 5.74) is 5.29. The normalized spacial score (nSPS) is 10.1. The number of phenolic OH excluding ortho intramolecular Hbond substituents is 1. The predicted octanol–water partition coefficient (Wildman–Crippen LogP) is 1.28. The lowest BCUT2D eigenvalue weighted by molar-refractivity contribution is 0.0990. The zero-order valence-electron chi connectivity index (χ0n) is 10.1. The van der Waals surface area contributed by atoms with E-state index in [4.69, 9.17) is 5.73 Å². The van der Waals surface area contributed by atoms with E-state index in [1.807, 2.05) is 0 Å². The lowest BCUT2D eigenvalue weighted by Gasteiger charge is -2.07. The molecule has 1 heterocycles. The van der Waals surface area contributed by atoms with Crippen LogP contribution in [0, 0.1) is 5.82 Å². The van der Waals surface area contributed by atoms with Crippen molar-refractivity contribution in [3.8, 4) is 5.75 Å². The highest BCUT2D eigenvalue weighted by atomic mass is 19.1. The maximum atomic E-state index is 12.8. The van der Waals surface area contributed by atoms with Crippen molar-refractivity contribution in [2.45, 2.75) is 0 Å². The minimum atomic E-state index is -0.701. The number of nitrogens with two attached hydrogens (primary N) is 1. The zero-order valence-corrected chi connectivity index (χ0v) is 10.1. The van der Waals surface area contributed by atoms with Gasteiger partial charge in [-0.3, -0.25) is 14.6 Å². The summed E-state index contributed by atoms with van der Waals surface area (Å²) >= 11 is 0. The number of nitrogens with zero attached hydrogens (tertiary/aromatic N) is 1. The summed E-state index contributed by atoms with van der Waals surface area (Å²) in [4.78, 5) is 26.4. The van der Waals surface area contributed by atoms with Crippen LogP contribution in [0.25, 0.3) is 0 Å². The summed E-state index contributed by atoms with van der Waals surface area (Å²) < 4.78 is 12.8. The van der Waals surface area contributed by atoms with Crippen LogP contribution >= 0.6 is 0 Å². The second-order valence-electron chi connectivity index (χ2n) is 3.91. The van der Waals surface area contributed by atoms with Crippen LogP contribution in [0.1, 0.15) is 20.8 Å². The number of anilines is 1. The first-order chi connectivity index (χ1) is 9.47. The van der Waals surface area contributed by atoms with Crippen LogP contribution < -0.4 is 11.1 Å². The van der Waals surface area contributed by atoms with Crippen LogP contribution in [-0.4, -0.2) is 21.9 Å². The summed E-state index contributed by atoms with van der Waals surface area (Å²) in [7, 11) is 0. The molecular weight excluding hydrogens is 265 g/mol. The lowest BCUT2D eigenvalue weighted by atomic mass is 10.2. The summed E-state index contributed by atoms with van der Waals surface area (Å²) in [5.74, 6) is -2.27. The van der Waals surface area contributed by atoms with Crippen molar-refractivity contribution in [2.24, 2.45) is 5.73 Å². The van der Waals surface area contributed by atoms with Crippen molar-refractivity contribution in [3.05, 3.63) is 53.6 Å². The van der Waals surface area contributed by atoms with E-state index in [0.29, 0.717) is 0 Å². The predicted molar refractivity (Wildman–Crippen MR) is 68.8 cm³/mol. The molecule has 0 spiro atoms. The molecule has 2 aromatic rings. The van der Waals surface area contributed by atoms with Gasteiger partial charge in [0.2, 0.25) is 0 Å². The van der Waals surface area contributed by atoms with Gasteiger partial charge in [0.25, 0.3) is 11.8 Å². The second kappa shape index (κ2) is 5.35. The van der Waals surface area contributed by atoms with Gasteiger partial charge in [-0.25, -0.2) is 4.39 Å². The third kappa shape index (κ3) is 2.89. The molecule has 1 aromatic carbocycles. The maximum Gasteiger partial charge on any atom is 0.267 e. The fourth-order valence-corrected chi connectivity index (χ4v) is 1.48. The number of halogens is 1. The topological polar surface area (TPSA) is 105 Å². The van der Waals surface area contributed by atoms with E-state index in [2.05, 4.69) is 10.3 Å². The Morgan fingerprint density at radius 2 is 2.00 bits per heavy atom. The number of phenols is 1. The maximum absolute atomic E-state index is 12.8. The number of hydrogen-bond acceptors (Lipinski definition) is 4. The molecule has 0 unspecified atom stereocenters. The highest BCUT2D eigenvalue weighted by Crippen LogP contribution is 2.24. The molecule has 6 nitrogen and oxygen atoms in total. The van der Waals surface area contributed by atoms with Crippen LogP contribution in [0.3, 0.4) is 0 Å². The minimum Gasteiger partial charge on any atom is -0.506 e. The van der Waals surface area contributed by atoms with Crippen molar-refractivity contribution in [1.82, 2.24) is 4.98 Å². The molecule has 0 atom stereocenters. The van der Waals surface area contributed by atoms with E-state index in [9.17, 15) is 19.1 Å². The Morgan fingerprint density at radius 1 is 1.25 bits per heavy atom. The molecule has 0 aliphatic carbocycles. The third-order valence-corrected chi connectivity index (χ3v) is 2.49. The zero-order chi connectivity index (χ0) is 14.7. The highest BCUT2D eigenvalue weighted by Gasteiger charge is 2.11. The summed E-state index contributed by atoms with van der Waals surface area (Å²) in [6, 6.07) is 5.88. The number of rotatable bonds is 3. The number of primary amides is 1. The molecule has 0 aliphatic heterocycles. The second-order valence-corrected chi connectivity index (χ2v) is 3.91. The van der Waals surface area contributed by atoms with E-state index in [1.54, 1.807) is 0 Å². The fraction of sp³-hybridized carbons (Fsp3) is 0. The van der Waals surface area contributed by atoms with Crippen LogP contribution in [-0.2, 0) is 0 Å². The molecule has 1 aromatic heterocycles.